The van der Waals surface area contributed by atoms with Gasteiger partial charge >= 0.3 is 5.97 Å². The van der Waals surface area contributed by atoms with Gasteiger partial charge in [0.1, 0.15) is 11.5 Å². The molecule has 5 rings (SSSR count). The molecule has 7 heteroatoms. The predicted octanol–water partition coefficient (Wildman–Crippen LogP) is 5.36. The molecular formula is C25H18N4O3. The SMILES string of the molecule is Nc1n[nH]c2c(-c3ccccc3C(=O)O)cnc(-c3ccc(Oc4ccccc4)cc3)c12. The Morgan fingerprint density at radius 1 is 0.875 bits per heavy atom. The Bertz CT molecular complexity index is 1430. The number of para-hydroxylation sites is 1. The van der Waals surface area contributed by atoms with Crippen LogP contribution in [-0.2, 0) is 0 Å². The molecule has 7 nitrogen and oxygen atoms in total. The zero-order valence-electron chi connectivity index (χ0n) is 16.8. The van der Waals surface area contributed by atoms with Crippen molar-refractivity contribution < 1.29 is 14.6 Å². The van der Waals surface area contributed by atoms with Crippen molar-refractivity contribution in [2.45, 2.75) is 0 Å². The van der Waals surface area contributed by atoms with Gasteiger partial charge in [-0.25, -0.2) is 4.79 Å². The van der Waals surface area contributed by atoms with Crippen LogP contribution in [0.5, 0.6) is 11.5 Å². The summed E-state index contributed by atoms with van der Waals surface area (Å²) in [6, 6.07) is 23.8. The number of fused-ring (bicyclic) bond motifs is 1. The van der Waals surface area contributed by atoms with Crippen molar-refractivity contribution in [2.75, 3.05) is 5.73 Å². The second-order valence-corrected chi connectivity index (χ2v) is 7.17. The molecule has 32 heavy (non-hydrogen) atoms. The number of aromatic carboxylic acids is 1. The highest BCUT2D eigenvalue weighted by Crippen LogP contribution is 2.37. The van der Waals surface area contributed by atoms with Crippen LogP contribution in [-0.4, -0.2) is 26.3 Å². The van der Waals surface area contributed by atoms with Crippen LogP contribution >= 0.6 is 0 Å². The molecule has 0 atom stereocenters. The molecule has 0 spiro atoms. The van der Waals surface area contributed by atoms with Crippen LogP contribution in [0.3, 0.4) is 0 Å². The Labute approximate surface area is 183 Å². The van der Waals surface area contributed by atoms with Crippen LogP contribution in [0, 0.1) is 0 Å². The molecule has 3 aromatic carbocycles. The van der Waals surface area contributed by atoms with Crippen molar-refractivity contribution in [1.82, 2.24) is 15.2 Å². The number of rotatable bonds is 5. The molecule has 5 aromatic rings. The summed E-state index contributed by atoms with van der Waals surface area (Å²) >= 11 is 0. The molecule has 2 heterocycles. The molecule has 2 aromatic heterocycles. The number of pyridine rings is 1. The molecule has 0 saturated carbocycles. The van der Waals surface area contributed by atoms with Gasteiger partial charge in [0.15, 0.2) is 5.82 Å². The number of carbonyl (C=O) groups is 1. The van der Waals surface area contributed by atoms with E-state index < -0.39 is 5.97 Å². The average Bonchev–Trinajstić information content (AvgIpc) is 3.21. The number of nitrogens with two attached hydrogens (primary N) is 1. The smallest absolute Gasteiger partial charge is 0.336 e. The highest BCUT2D eigenvalue weighted by atomic mass is 16.5. The lowest BCUT2D eigenvalue weighted by Crippen LogP contribution is -2.00. The van der Waals surface area contributed by atoms with Gasteiger partial charge in [0.25, 0.3) is 0 Å². The lowest BCUT2D eigenvalue weighted by molar-refractivity contribution is 0.0697. The first-order valence-corrected chi connectivity index (χ1v) is 9.90. The van der Waals surface area contributed by atoms with Gasteiger partial charge < -0.3 is 15.6 Å². The molecule has 0 radical (unpaired) electrons. The fraction of sp³-hybridized carbons (Fsp3) is 0. The number of hydrogen-bond donors (Lipinski definition) is 3. The summed E-state index contributed by atoms with van der Waals surface area (Å²) in [5.74, 6) is 0.728. The van der Waals surface area contributed by atoms with E-state index in [4.69, 9.17) is 10.5 Å². The van der Waals surface area contributed by atoms with Gasteiger partial charge in [0, 0.05) is 17.3 Å². The number of nitrogens with one attached hydrogen (secondary N) is 1. The van der Waals surface area contributed by atoms with E-state index in [1.807, 2.05) is 54.6 Å². The maximum atomic E-state index is 11.7. The summed E-state index contributed by atoms with van der Waals surface area (Å²) in [7, 11) is 0. The van der Waals surface area contributed by atoms with Crippen LogP contribution in [0.1, 0.15) is 10.4 Å². The second kappa shape index (κ2) is 7.88. The first kappa shape index (κ1) is 19.3. The zero-order chi connectivity index (χ0) is 22.1. The maximum absolute atomic E-state index is 11.7. The quantitative estimate of drug-likeness (QED) is 0.351. The molecule has 0 bridgehead atoms. The van der Waals surface area contributed by atoms with E-state index in [-0.39, 0.29) is 5.56 Å². The van der Waals surface area contributed by atoms with Crippen molar-refractivity contribution in [1.29, 1.82) is 0 Å². The molecule has 156 valence electrons. The van der Waals surface area contributed by atoms with Gasteiger partial charge in [-0.3, -0.25) is 10.1 Å². The summed E-state index contributed by atoms with van der Waals surface area (Å²) in [6.45, 7) is 0. The Morgan fingerprint density at radius 3 is 2.31 bits per heavy atom. The minimum absolute atomic E-state index is 0.180. The van der Waals surface area contributed by atoms with Crippen molar-refractivity contribution in [2.24, 2.45) is 0 Å². The number of H-pyrrole nitrogens is 1. The summed E-state index contributed by atoms with van der Waals surface area (Å²) in [5.41, 5.74) is 9.62. The van der Waals surface area contributed by atoms with Crippen LogP contribution in [0.15, 0.2) is 85.1 Å². The average molecular weight is 422 g/mol. The van der Waals surface area contributed by atoms with Crippen LogP contribution < -0.4 is 10.5 Å². The zero-order valence-corrected chi connectivity index (χ0v) is 16.8. The minimum atomic E-state index is -1.01. The van der Waals surface area contributed by atoms with Gasteiger partial charge in [-0.15, -0.1) is 0 Å². The third kappa shape index (κ3) is 3.41. The van der Waals surface area contributed by atoms with Crippen LogP contribution in [0.2, 0.25) is 0 Å². The van der Waals surface area contributed by atoms with Gasteiger partial charge in [-0.2, -0.15) is 5.10 Å². The third-order valence-electron chi connectivity index (χ3n) is 5.18. The molecule has 0 aliphatic rings. The number of anilines is 1. The largest absolute Gasteiger partial charge is 0.478 e. The van der Waals surface area contributed by atoms with E-state index in [1.165, 1.54) is 0 Å². The van der Waals surface area contributed by atoms with E-state index in [0.29, 0.717) is 39.3 Å². The third-order valence-corrected chi connectivity index (χ3v) is 5.18. The summed E-state index contributed by atoms with van der Waals surface area (Å²) in [6.07, 6.45) is 1.64. The monoisotopic (exact) mass is 422 g/mol. The predicted molar refractivity (Wildman–Crippen MR) is 123 cm³/mol. The molecule has 4 N–H and O–H groups in total. The number of nitrogen functional groups attached to an aromatic ring is 1. The standard InChI is InChI=1S/C25H18N4O3/c26-24-21-22(15-10-12-17(13-11-15)32-16-6-2-1-3-7-16)27-14-20(23(21)28-29-24)18-8-4-5-9-19(18)25(30)31/h1-14H,(H,30,31)(H3,26,28,29). The van der Waals surface area contributed by atoms with Crippen LogP contribution in [0.4, 0.5) is 5.82 Å². The Balaban J connectivity index is 1.58. The number of ether oxygens (including phenoxy) is 1. The summed E-state index contributed by atoms with van der Waals surface area (Å²) in [5, 5.41) is 17.3. The number of carboxylic acid groups (broad SMARTS) is 1. The van der Waals surface area contributed by atoms with Crippen molar-refractivity contribution in [3.63, 3.8) is 0 Å². The fourth-order valence-corrected chi connectivity index (χ4v) is 3.68. The fourth-order valence-electron chi connectivity index (χ4n) is 3.68. The number of carboxylic acids is 1. The molecule has 0 fully saturated rings. The number of nitrogens with zero attached hydrogens (tertiary/aromatic N) is 2. The van der Waals surface area contributed by atoms with Crippen molar-refractivity contribution in [3.8, 4) is 33.9 Å². The molecule has 0 unspecified atom stereocenters. The van der Waals surface area contributed by atoms with E-state index in [0.717, 1.165) is 11.3 Å². The Morgan fingerprint density at radius 2 is 1.56 bits per heavy atom. The second-order valence-electron chi connectivity index (χ2n) is 7.17. The number of aromatic nitrogens is 3. The Kier molecular flexibility index (Phi) is 4.76. The molecule has 0 saturated heterocycles. The van der Waals surface area contributed by atoms with Crippen LogP contribution in [0.25, 0.3) is 33.3 Å². The normalized spacial score (nSPS) is 10.9. The highest BCUT2D eigenvalue weighted by molar-refractivity contribution is 6.08. The van der Waals surface area contributed by atoms with E-state index in [1.54, 1.807) is 30.5 Å². The van der Waals surface area contributed by atoms with Gasteiger partial charge in [-0.1, -0.05) is 36.4 Å². The molecule has 0 aliphatic heterocycles. The van der Waals surface area contributed by atoms with E-state index in [2.05, 4.69) is 15.2 Å². The maximum Gasteiger partial charge on any atom is 0.336 e. The van der Waals surface area contributed by atoms with Gasteiger partial charge in [0.05, 0.1) is 22.2 Å². The van der Waals surface area contributed by atoms with Crippen molar-refractivity contribution in [3.05, 3.63) is 90.6 Å². The number of hydrogen-bond acceptors (Lipinski definition) is 5. The van der Waals surface area contributed by atoms with Gasteiger partial charge in [-0.05, 0) is 48.0 Å². The topological polar surface area (TPSA) is 114 Å². The molecular weight excluding hydrogens is 404 g/mol. The summed E-state index contributed by atoms with van der Waals surface area (Å²) < 4.78 is 5.86. The lowest BCUT2D eigenvalue weighted by atomic mass is 9.97. The summed E-state index contributed by atoms with van der Waals surface area (Å²) in [4.78, 5) is 16.3. The molecule has 0 aliphatic carbocycles. The highest BCUT2D eigenvalue weighted by Gasteiger charge is 2.19. The van der Waals surface area contributed by atoms with Gasteiger partial charge in [0.2, 0.25) is 0 Å². The molecule has 0 amide bonds. The number of benzene rings is 3. The first-order valence-electron chi connectivity index (χ1n) is 9.90. The minimum Gasteiger partial charge on any atom is -0.478 e. The van der Waals surface area contributed by atoms with E-state index >= 15 is 0 Å². The first-order chi connectivity index (χ1) is 15.6. The van der Waals surface area contributed by atoms with Crippen molar-refractivity contribution >= 4 is 22.7 Å². The number of aromatic amines is 1. The lowest BCUT2D eigenvalue weighted by Gasteiger charge is -2.11. The Hall–Kier alpha value is -4.65. The van der Waals surface area contributed by atoms with E-state index in [9.17, 15) is 9.90 Å².